The lowest BCUT2D eigenvalue weighted by atomic mass is 10.1. The summed E-state index contributed by atoms with van der Waals surface area (Å²) >= 11 is 0. The van der Waals surface area contributed by atoms with Crippen LogP contribution in [0.5, 0.6) is 0 Å². The minimum atomic E-state index is 0.123. The molecule has 0 bridgehead atoms. The van der Waals surface area contributed by atoms with Crippen molar-refractivity contribution in [2.24, 2.45) is 0 Å². The Morgan fingerprint density at radius 2 is 2.10 bits per heavy atom. The third-order valence-corrected chi connectivity index (χ3v) is 4.26. The molecule has 2 heterocycles. The molecule has 2 rings (SSSR count). The molecule has 0 radical (unpaired) electrons. The van der Waals surface area contributed by atoms with Crippen LogP contribution in [0.3, 0.4) is 0 Å². The number of hydrogen-bond acceptors (Lipinski definition) is 4. The van der Waals surface area contributed by atoms with E-state index in [4.69, 9.17) is 9.47 Å². The molecule has 2 aliphatic rings. The van der Waals surface area contributed by atoms with Gasteiger partial charge in [0.15, 0.2) is 0 Å². The van der Waals surface area contributed by atoms with Crippen LogP contribution >= 0.6 is 0 Å². The van der Waals surface area contributed by atoms with E-state index < -0.39 is 0 Å². The summed E-state index contributed by atoms with van der Waals surface area (Å²) in [6.45, 7) is 4.58. The lowest BCUT2D eigenvalue weighted by Crippen LogP contribution is -2.39. The maximum absolute atomic E-state index is 11.2. The van der Waals surface area contributed by atoms with E-state index in [0.717, 1.165) is 52.1 Å². The fourth-order valence-electron chi connectivity index (χ4n) is 2.87. The van der Waals surface area contributed by atoms with Gasteiger partial charge in [0.25, 0.3) is 0 Å². The average Bonchev–Trinajstić information content (AvgIpc) is 2.52. The standard InChI is InChI=1S/C15H28N2O3/c1-16-15(18)7-10-17-8-5-13(6-9-17)20-12-14-4-2-3-11-19-14/h13-14H,2-12H2,1H3,(H,16,18). The van der Waals surface area contributed by atoms with Crippen LogP contribution in [-0.4, -0.2) is 62.9 Å². The van der Waals surface area contributed by atoms with E-state index in [1.165, 1.54) is 12.8 Å². The third kappa shape index (κ3) is 5.38. The molecule has 5 heteroatoms. The summed E-state index contributed by atoms with van der Waals surface area (Å²) < 4.78 is 11.7. The summed E-state index contributed by atoms with van der Waals surface area (Å²) in [7, 11) is 1.69. The van der Waals surface area contributed by atoms with Gasteiger partial charge in [-0.05, 0) is 32.1 Å². The molecule has 0 aromatic rings. The van der Waals surface area contributed by atoms with Crippen molar-refractivity contribution in [2.45, 2.75) is 50.7 Å². The number of amides is 1. The Kier molecular flexibility index (Phi) is 6.76. The van der Waals surface area contributed by atoms with Crippen LogP contribution in [0.2, 0.25) is 0 Å². The Labute approximate surface area is 122 Å². The van der Waals surface area contributed by atoms with E-state index in [9.17, 15) is 4.79 Å². The highest BCUT2D eigenvalue weighted by atomic mass is 16.5. The van der Waals surface area contributed by atoms with Crippen LogP contribution in [0.15, 0.2) is 0 Å². The fourth-order valence-corrected chi connectivity index (χ4v) is 2.87. The lowest BCUT2D eigenvalue weighted by molar-refractivity contribution is -0.121. The number of carbonyl (C=O) groups is 1. The van der Waals surface area contributed by atoms with Gasteiger partial charge in [-0.3, -0.25) is 4.79 Å². The van der Waals surface area contributed by atoms with E-state index in [1.54, 1.807) is 7.05 Å². The normalized spacial score (nSPS) is 25.6. The molecule has 20 heavy (non-hydrogen) atoms. The largest absolute Gasteiger partial charge is 0.376 e. The smallest absolute Gasteiger partial charge is 0.221 e. The van der Waals surface area contributed by atoms with Crippen LogP contribution in [0.1, 0.15) is 38.5 Å². The van der Waals surface area contributed by atoms with Crippen LogP contribution in [0.4, 0.5) is 0 Å². The molecule has 1 N–H and O–H groups in total. The highest BCUT2D eigenvalue weighted by Crippen LogP contribution is 2.17. The average molecular weight is 284 g/mol. The molecule has 1 amide bonds. The predicted octanol–water partition coefficient (Wildman–Crippen LogP) is 1.17. The Balaban J connectivity index is 1.55. The molecule has 116 valence electrons. The van der Waals surface area contributed by atoms with Crippen LogP contribution in [-0.2, 0) is 14.3 Å². The van der Waals surface area contributed by atoms with Crippen molar-refractivity contribution < 1.29 is 14.3 Å². The van der Waals surface area contributed by atoms with Crippen molar-refractivity contribution in [3.63, 3.8) is 0 Å². The quantitative estimate of drug-likeness (QED) is 0.795. The second-order valence-electron chi connectivity index (χ2n) is 5.79. The van der Waals surface area contributed by atoms with E-state index in [-0.39, 0.29) is 5.91 Å². The molecule has 1 atom stereocenters. The Morgan fingerprint density at radius 3 is 2.75 bits per heavy atom. The van der Waals surface area contributed by atoms with Gasteiger partial charge in [-0.25, -0.2) is 0 Å². The van der Waals surface area contributed by atoms with Gasteiger partial charge < -0.3 is 19.7 Å². The molecule has 0 aromatic carbocycles. The molecule has 0 aliphatic carbocycles. The summed E-state index contributed by atoms with van der Waals surface area (Å²) in [5, 5.41) is 2.67. The molecule has 2 fully saturated rings. The Morgan fingerprint density at radius 1 is 1.30 bits per heavy atom. The molecule has 2 saturated heterocycles. The molecule has 0 spiro atoms. The topological polar surface area (TPSA) is 50.8 Å². The number of ether oxygens (including phenoxy) is 2. The van der Waals surface area contributed by atoms with Crippen LogP contribution < -0.4 is 5.32 Å². The molecule has 0 aromatic heterocycles. The fraction of sp³-hybridized carbons (Fsp3) is 0.933. The Bertz CT molecular complexity index is 285. The van der Waals surface area contributed by atoms with Gasteiger partial charge in [-0.2, -0.15) is 0 Å². The minimum Gasteiger partial charge on any atom is -0.376 e. The zero-order valence-corrected chi connectivity index (χ0v) is 12.6. The van der Waals surface area contributed by atoms with Crippen molar-refractivity contribution in [1.82, 2.24) is 10.2 Å². The maximum Gasteiger partial charge on any atom is 0.221 e. The highest BCUT2D eigenvalue weighted by molar-refractivity contribution is 5.75. The van der Waals surface area contributed by atoms with E-state index >= 15 is 0 Å². The monoisotopic (exact) mass is 284 g/mol. The minimum absolute atomic E-state index is 0.123. The van der Waals surface area contributed by atoms with Crippen LogP contribution in [0.25, 0.3) is 0 Å². The van der Waals surface area contributed by atoms with Gasteiger partial charge >= 0.3 is 0 Å². The first-order valence-electron chi connectivity index (χ1n) is 7.94. The zero-order chi connectivity index (χ0) is 14.2. The van der Waals surface area contributed by atoms with Gasteiger partial charge in [0.2, 0.25) is 5.91 Å². The van der Waals surface area contributed by atoms with E-state index in [1.807, 2.05) is 0 Å². The number of piperidine rings is 1. The van der Waals surface area contributed by atoms with E-state index in [0.29, 0.717) is 18.6 Å². The van der Waals surface area contributed by atoms with Crippen molar-refractivity contribution in [2.75, 3.05) is 39.9 Å². The summed E-state index contributed by atoms with van der Waals surface area (Å²) in [4.78, 5) is 13.6. The van der Waals surface area contributed by atoms with Crippen molar-refractivity contribution in [1.29, 1.82) is 0 Å². The van der Waals surface area contributed by atoms with Crippen LogP contribution in [0, 0.1) is 0 Å². The van der Waals surface area contributed by atoms with Crippen molar-refractivity contribution in [3.05, 3.63) is 0 Å². The van der Waals surface area contributed by atoms with Gasteiger partial charge in [0.1, 0.15) is 0 Å². The van der Waals surface area contributed by atoms with Gasteiger partial charge in [0, 0.05) is 39.7 Å². The maximum atomic E-state index is 11.2. The highest BCUT2D eigenvalue weighted by Gasteiger charge is 2.22. The molecule has 5 nitrogen and oxygen atoms in total. The molecular weight excluding hydrogens is 256 g/mol. The summed E-state index contributed by atoms with van der Waals surface area (Å²) in [5.74, 6) is 0.123. The Hall–Kier alpha value is -0.650. The second-order valence-corrected chi connectivity index (χ2v) is 5.79. The first-order valence-corrected chi connectivity index (χ1v) is 7.94. The first kappa shape index (κ1) is 15.7. The summed E-state index contributed by atoms with van der Waals surface area (Å²) in [6, 6.07) is 0. The summed E-state index contributed by atoms with van der Waals surface area (Å²) in [6.07, 6.45) is 7.03. The number of rotatable bonds is 6. The van der Waals surface area contributed by atoms with Crippen molar-refractivity contribution in [3.8, 4) is 0 Å². The van der Waals surface area contributed by atoms with E-state index in [2.05, 4.69) is 10.2 Å². The first-order chi connectivity index (χ1) is 9.78. The van der Waals surface area contributed by atoms with Gasteiger partial charge in [-0.15, -0.1) is 0 Å². The second kappa shape index (κ2) is 8.60. The number of hydrogen-bond donors (Lipinski definition) is 1. The predicted molar refractivity (Wildman–Crippen MR) is 77.7 cm³/mol. The molecule has 0 saturated carbocycles. The van der Waals surface area contributed by atoms with Gasteiger partial charge in [-0.1, -0.05) is 0 Å². The molecule has 1 unspecified atom stereocenters. The molecular formula is C15H28N2O3. The third-order valence-electron chi connectivity index (χ3n) is 4.26. The van der Waals surface area contributed by atoms with Gasteiger partial charge in [0.05, 0.1) is 18.8 Å². The molecule has 2 aliphatic heterocycles. The number of carbonyl (C=O) groups excluding carboxylic acids is 1. The zero-order valence-electron chi connectivity index (χ0n) is 12.6. The number of nitrogens with zero attached hydrogens (tertiary/aromatic N) is 1. The van der Waals surface area contributed by atoms with Crippen molar-refractivity contribution >= 4 is 5.91 Å². The summed E-state index contributed by atoms with van der Waals surface area (Å²) in [5.41, 5.74) is 0. The lowest BCUT2D eigenvalue weighted by Gasteiger charge is -2.33. The SMILES string of the molecule is CNC(=O)CCN1CCC(OCC2CCCCO2)CC1. The number of likely N-dealkylation sites (tertiary alicyclic amines) is 1. The number of nitrogens with one attached hydrogen (secondary N) is 1.